The molecule has 0 aliphatic rings. The summed E-state index contributed by atoms with van der Waals surface area (Å²) in [4.78, 5) is 32.1. The lowest BCUT2D eigenvalue weighted by molar-refractivity contribution is 0.0484. The van der Waals surface area contributed by atoms with E-state index >= 15 is 0 Å². The van der Waals surface area contributed by atoms with Crippen molar-refractivity contribution in [1.29, 1.82) is 0 Å². The minimum absolute atomic E-state index is 0.0128. The van der Waals surface area contributed by atoms with Crippen molar-refractivity contribution in [2.24, 2.45) is 0 Å². The van der Waals surface area contributed by atoms with Crippen LogP contribution >= 0.6 is 11.8 Å². The first kappa shape index (κ1) is 21.8. The summed E-state index contributed by atoms with van der Waals surface area (Å²) < 4.78 is 15.8. The van der Waals surface area contributed by atoms with Gasteiger partial charge in [0.15, 0.2) is 10.7 Å². The second-order valence-corrected chi connectivity index (χ2v) is 7.08. The Balaban J connectivity index is 2.88. The number of nitrogens with one attached hydrogen (secondary N) is 1. The summed E-state index contributed by atoms with van der Waals surface area (Å²) in [5.74, 6) is -0.677. The molecule has 1 aromatic rings. The van der Waals surface area contributed by atoms with Crippen LogP contribution < -0.4 is 15.8 Å². The molecule has 3 N–H and O–H groups in total. The fraction of sp³-hybridized carbons (Fsp3) is 0.625. The molecule has 1 heterocycles. The van der Waals surface area contributed by atoms with E-state index in [0.29, 0.717) is 5.16 Å². The van der Waals surface area contributed by atoms with E-state index in [4.69, 9.17) is 19.9 Å². The van der Waals surface area contributed by atoms with E-state index in [-0.39, 0.29) is 30.4 Å². The normalized spacial score (nSPS) is 12.2. The maximum atomic E-state index is 12.1. The zero-order chi connectivity index (χ0) is 19.9. The number of esters is 1. The van der Waals surface area contributed by atoms with Gasteiger partial charge in [-0.15, -0.1) is 0 Å². The Kier molecular flexibility index (Phi) is 7.94. The van der Waals surface area contributed by atoms with Crippen molar-refractivity contribution < 1.29 is 23.8 Å². The van der Waals surface area contributed by atoms with E-state index in [0.717, 1.165) is 0 Å². The van der Waals surface area contributed by atoms with Gasteiger partial charge in [-0.1, -0.05) is 11.8 Å². The van der Waals surface area contributed by atoms with Crippen LogP contribution in [0.2, 0.25) is 0 Å². The van der Waals surface area contributed by atoms with Crippen molar-refractivity contribution in [3.8, 4) is 5.88 Å². The second kappa shape index (κ2) is 9.46. The molecule has 10 heteroatoms. The number of nitrogen functional groups attached to an aromatic ring is 1. The summed E-state index contributed by atoms with van der Waals surface area (Å²) in [6.07, 6.45) is 0.709. The molecule has 0 spiro atoms. The maximum absolute atomic E-state index is 12.1. The van der Waals surface area contributed by atoms with Crippen LogP contribution in [-0.2, 0) is 9.47 Å². The average Bonchev–Trinajstić information content (AvgIpc) is 2.51. The van der Waals surface area contributed by atoms with Crippen LogP contribution in [0.5, 0.6) is 5.88 Å². The van der Waals surface area contributed by atoms with Gasteiger partial charge in [-0.25, -0.2) is 14.6 Å². The van der Waals surface area contributed by atoms with E-state index in [9.17, 15) is 9.59 Å². The Bertz CT molecular complexity index is 648. The lowest BCUT2D eigenvalue weighted by atomic mass is 10.2. The number of aromatic nitrogens is 2. The third kappa shape index (κ3) is 6.95. The van der Waals surface area contributed by atoms with Gasteiger partial charge in [-0.05, 0) is 40.9 Å². The summed E-state index contributed by atoms with van der Waals surface area (Å²) in [5.41, 5.74) is 5.23. The van der Waals surface area contributed by atoms with Gasteiger partial charge in [-0.2, -0.15) is 4.98 Å². The lowest BCUT2D eigenvalue weighted by Gasteiger charge is -2.21. The van der Waals surface area contributed by atoms with Gasteiger partial charge in [0.2, 0.25) is 5.88 Å². The van der Waals surface area contributed by atoms with E-state index in [2.05, 4.69) is 15.3 Å². The number of nitrogens with two attached hydrogens (primary N) is 1. The molecule has 0 fully saturated rings. The van der Waals surface area contributed by atoms with Crippen LogP contribution in [0.25, 0.3) is 0 Å². The maximum Gasteiger partial charge on any atom is 0.407 e. The zero-order valence-electron chi connectivity index (χ0n) is 15.9. The third-order valence-electron chi connectivity index (χ3n) is 2.79. The Morgan fingerprint density at radius 1 is 1.31 bits per heavy atom. The van der Waals surface area contributed by atoms with Gasteiger partial charge in [0.1, 0.15) is 17.5 Å². The Morgan fingerprint density at radius 3 is 2.50 bits per heavy atom. The second-order valence-electron chi connectivity index (χ2n) is 6.31. The molecule has 0 aliphatic carbocycles. The molecule has 0 aliphatic heterocycles. The van der Waals surface area contributed by atoms with Gasteiger partial charge in [0.05, 0.1) is 13.2 Å². The standard InChI is InChI=1S/C16H26N4O5S/c1-7-23-13(21)10-11(17)19-14(26-6)20-12(10)24-9(2)8-18-15(22)25-16(3,4)5/h9H,7-8H2,1-6H3,(H,18,22)(H2,17,19,20)/t9-/m0/s1. The molecule has 0 saturated heterocycles. The monoisotopic (exact) mass is 386 g/mol. The highest BCUT2D eigenvalue weighted by Crippen LogP contribution is 2.26. The number of carbonyl (C=O) groups is 2. The molecule has 9 nitrogen and oxygen atoms in total. The zero-order valence-corrected chi connectivity index (χ0v) is 16.7. The highest BCUT2D eigenvalue weighted by molar-refractivity contribution is 7.98. The fourth-order valence-corrected chi connectivity index (χ4v) is 2.15. The molecule has 1 rings (SSSR count). The van der Waals surface area contributed by atoms with Crippen molar-refractivity contribution in [1.82, 2.24) is 15.3 Å². The van der Waals surface area contributed by atoms with Gasteiger partial charge in [0, 0.05) is 0 Å². The fourth-order valence-electron chi connectivity index (χ4n) is 1.78. The predicted octanol–water partition coefficient (Wildman–Crippen LogP) is 2.25. The summed E-state index contributed by atoms with van der Waals surface area (Å²) >= 11 is 1.26. The van der Waals surface area contributed by atoms with Crippen molar-refractivity contribution in [3.05, 3.63) is 5.56 Å². The molecule has 26 heavy (non-hydrogen) atoms. The average molecular weight is 386 g/mol. The Labute approximate surface area is 157 Å². The number of nitrogens with zero attached hydrogens (tertiary/aromatic N) is 2. The van der Waals surface area contributed by atoms with Crippen molar-refractivity contribution in [3.63, 3.8) is 0 Å². The quantitative estimate of drug-likeness (QED) is 0.412. The van der Waals surface area contributed by atoms with Crippen LogP contribution in [0.4, 0.5) is 10.6 Å². The molecule has 0 unspecified atom stereocenters. The number of hydrogen-bond acceptors (Lipinski definition) is 9. The van der Waals surface area contributed by atoms with Gasteiger partial charge in [0.25, 0.3) is 0 Å². The van der Waals surface area contributed by atoms with E-state index in [1.54, 1.807) is 40.9 Å². The molecular weight excluding hydrogens is 360 g/mol. The van der Waals surface area contributed by atoms with Gasteiger partial charge < -0.3 is 25.3 Å². The van der Waals surface area contributed by atoms with E-state index < -0.39 is 23.8 Å². The van der Waals surface area contributed by atoms with Crippen molar-refractivity contribution in [2.45, 2.75) is 51.5 Å². The molecular formula is C16H26N4O5S. The van der Waals surface area contributed by atoms with Crippen LogP contribution in [0.1, 0.15) is 45.0 Å². The summed E-state index contributed by atoms with van der Waals surface area (Å²) in [7, 11) is 0. The molecule has 146 valence electrons. The Morgan fingerprint density at radius 2 is 1.96 bits per heavy atom. The number of carbonyl (C=O) groups excluding carboxylic acids is 2. The first-order valence-corrected chi connectivity index (χ1v) is 9.32. The predicted molar refractivity (Wildman–Crippen MR) is 98.5 cm³/mol. The largest absolute Gasteiger partial charge is 0.472 e. The van der Waals surface area contributed by atoms with Crippen LogP contribution in [-0.4, -0.2) is 53.1 Å². The number of hydrogen-bond donors (Lipinski definition) is 2. The van der Waals surface area contributed by atoms with Crippen molar-refractivity contribution in [2.75, 3.05) is 25.1 Å². The number of rotatable bonds is 7. The summed E-state index contributed by atoms with van der Waals surface area (Å²) in [6, 6.07) is 0. The van der Waals surface area contributed by atoms with Crippen LogP contribution in [0.3, 0.4) is 0 Å². The summed E-state index contributed by atoms with van der Waals surface area (Å²) in [5, 5.41) is 2.95. The number of thioether (sulfide) groups is 1. The number of amides is 1. The smallest absolute Gasteiger partial charge is 0.407 e. The van der Waals surface area contributed by atoms with Gasteiger partial charge in [-0.3, -0.25) is 0 Å². The molecule has 1 amide bonds. The molecule has 0 saturated carbocycles. The van der Waals surface area contributed by atoms with E-state index in [1.807, 2.05) is 0 Å². The molecule has 0 aromatic carbocycles. The van der Waals surface area contributed by atoms with Crippen LogP contribution in [0, 0.1) is 0 Å². The number of ether oxygens (including phenoxy) is 3. The summed E-state index contributed by atoms with van der Waals surface area (Å²) in [6.45, 7) is 9.03. The van der Waals surface area contributed by atoms with E-state index in [1.165, 1.54) is 11.8 Å². The topological polar surface area (TPSA) is 126 Å². The Hall–Kier alpha value is -2.23. The number of alkyl carbamates (subject to hydrolysis) is 1. The van der Waals surface area contributed by atoms with Gasteiger partial charge >= 0.3 is 12.1 Å². The highest BCUT2D eigenvalue weighted by Gasteiger charge is 2.24. The number of anilines is 1. The first-order chi connectivity index (χ1) is 12.1. The minimum atomic E-state index is -0.667. The lowest BCUT2D eigenvalue weighted by Crippen LogP contribution is -2.38. The molecule has 1 aromatic heterocycles. The molecule has 0 bridgehead atoms. The SMILES string of the molecule is CCOC(=O)c1c(N)nc(SC)nc1O[C@@H](C)CNC(=O)OC(C)(C)C. The molecule has 0 radical (unpaired) electrons. The van der Waals surface area contributed by atoms with Crippen LogP contribution in [0.15, 0.2) is 5.16 Å². The minimum Gasteiger partial charge on any atom is -0.472 e. The molecule has 1 atom stereocenters. The van der Waals surface area contributed by atoms with Crippen molar-refractivity contribution >= 4 is 29.6 Å². The highest BCUT2D eigenvalue weighted by atomic mass is 32.2. The first-order valence-electron chi connectivity index (χ1n) is 8.09. The third-order valence-corrected chi connectivity index (χ3v) is 3.34.